The highest BCUT2D eigenvalue weighted by atomic mass is 32.2. The summed E-state index contributed by atoms with van der Waals surface area (Å²) in [6.45, 7) is 11.5. The van der Waals surface area contributed by atoms with Crippen LogP contribution in [0.2, 0.25) is 0 Å². The molecule has 0 unspecified atom stereocenters. The van der Waals surface area contributed by atoms with E-state index in [1.54, 1.807) is 18.2 Å². The van der Waals surface area contributed by atoms with Crippen LogP contribution in [0.3, 0.4) is 0 Å². The molecule has 0 bridgehead atoms. The summed E-state index contributed by atoms with van der Waals surface area (Å²) in [6, 6.07) is 6.89. The number of rotatable bonds is 9. The van der Waals surface area contributed by atoms with E-state index in [-0.39, 0.29) is 6.04 Å². The van der Waals surface area contributed by atoms with E-state index in [4.69, 9.17) is 0 Å². The maximum atomic E-state index is 12.3. The molecule has 0 amide bonds. The fraction of sp³-hybridized carbons (Fsp3) is 0.600. The van der Waals surface area contributed by atoms with Gasteiger partial charge >= 0.3 is 0 Å². The van der Waals surface area contributed by atoms with Crippen LogP contribution in [0, 0.1) is 0 Å². The predicted octanol–water partition coefficient (Wildman–Crippen LogP) is 2.13. The van der Waals surface area contributed by atoms with Crippen LogP contribution >= 0.6 is 0 Å². The molecule has 0 saturated heterocycles. The number of hydrogen-bond donors (Lipinski definition) is 2. The third-order valence-electron chi connectivity index (χ3n) is 3.21. The number of nitrogens with one attached hydrogen (secondary N) is 2. The molecule has 1 rings (SSSR count). The van der Waals surface area contributed by atoms with Gasteiger partial charge < -0.3 is 10.2 Å². The molecule has 0 saturated carbocycles. The molecule has 120 valence electrons. The molecule has 2 N–H and O–H groups in total. The standard InChI is InChI=1S/C15H27N3O2S/c1-5-18(6-2)12-11-16-14-9-7-8-10-15(14)21(19,20)17-13(3)4/h7-10,13,16-17H,5-6,11-12H2,1-4H3. The van der Waals surface area contributed by atoms with Gasteiger partial charge in [0.2, 0.25) is 10.0 Å². The zero-order valence-electron chi connectivity index (χ0n) is 13.4. The van der Waals surface area contributed by atoms with E-state index in [1.807, 2.05) is 19.9 Å². The minimum Gasteiger partial charge on any atom is -0.383 e. The van der Waals surface area contributed by atoms with E-state index >= 15 is 0 Å². The fourth-order valence-corrected chi connectivity index (χ4v) is 3.54. The van der Waals surface area contributed by atoms with Crippen molar-refractivity contribution in [3.8, 4) is 0 Å². The maximum absolute atomic E-state index is 12.3. The molecule has 0 heterocycles. The summed E-state index contributed by atoms with van der Waals surface area (Å²) in [5, 5.41) is 3.23. The number of likely N-dealkylation sites (N-methyl/N-ethyl adjacent to an activating group) is 1. The highest BCUT2D eigenvalue weighted by Gasteiger charge is 2.18. The van der Waals surface area contributed by atoms with E-state index in [9.17, 15) is 8.42 Å². The molecule has 0 aliphatic carbocycles. The van der Waals surface area contributed by atoms with Crippen LogP contribution in [-0.2, 0) is 10.0 Å². The van der Waals surface area contributed by atoms with Gasteiger partial charge in [0.1, 0.15) is 4.90 Å². The second kappa shape index (κ2) is 8.36. The van der Waals surface area contributed by atoms with Crippen molar-refractivity contribution >= 4 is 15.7 Å². The Bertz CT molecular complexity index is 525. The smallest absolute Gasteiger partial charge is 0.242 e. The van der Waals surface area contributed by atoms with Gasteiger partial charge in [-0.15, -0.1) is 0 Å². The minimum absolute atomic E-state index is 0.126. The minimum atomic E-state index is -3.48. The first-order valence-electron chi connectivity index (χ1n) is 7.48. The Balaban J connectivity index is 2.80. The van der Waals surface area contributed by atoms with E-state index in [1.165, 1.54) is 0 Å². The Morgan fingerprint density at radius 3 is 2.33 bits per heavy atom. The van der Waals surface area contributed by atoms with Gasteiger partial charge in [0.05, 0.1) is 5.69 Å². The van der Waals surface area contributed by atoms with Gasteiger partial charge in [-0.2, -0.15) is 0 Å². The largest absolute Gasteiger partial charge is 0.383 e. The molecule has 0 spiro atoms. The number of anilines is 1. The fourth-order valence-electron chi connectivity index (χ4n) is 2.11. The molecule has 1 aromatic carbocycles. The summed E-state index contributed by atoms with van der Waals surface area (Å²) in [4.78, 5) is 2.59. The number of hydrogen-bond acceptors (Lipinski definition) is 4. The first-order valence-corrected chi connectivity index (χ1v) is 8.96. The topological polar surface area (TPSA) is 61.4 Å². The van der Waals surface area contributed by atoms with Crippen molar-refractivity contribution in [2.75, 3.05) is 31.5 Å². The van der Waals surface area contributed by atoms with Crippen molar-refractivity contribution in [1.29, 1.82) is 0 Å². The third kappa shape index (κ3) is 5.65. The first-order chi connectivity index (χ1) is 9.90. The summed E-state index contributed by atoms with van der Waals surface area (Å²) < 4.78 is 27.2. The normalized spacial score (nSPS) is 12.1. The van der Waals surface area contributed by atoms with E-state index in [0.29, 0.717) is 10.6 Å². The molecule has 21 heavy (non-hydrogen) atoms. The van der Waals surface area contributed by atoms with Crippen molar-refractivity contribution in [3.05, 3.63) is 24.3 Å². The lowest BCUT2D eigenvalue weighted by molar-refractivity contribution is 0.316. The van der Waals surface area contributed by atoms with Gasteiger partial charge in [0.15, 0.2) is 0 Å². The second-order valence-electron chi connectivity index (χ2n) is 5.23. The van der Waals surface area contributed by atoms with Gasteiger partial charge in [-0.3, -0.25) is 0 Å². The summed E-state index contributed by atoms with van der Waals surface area (Å²) in [5.41, 5.74) is 0.651. The average molecular weight is 313 g/mol. The van der Waals surface area contributed by atoms with E-state index < -0.39 is 10.0 Å². The van der Waals surface area contributed by atoms with Crippen LogP contribution in [0.25, 0.3) is 0 Å². The maximum Gasteiger partial charge on any atom is 0.242 e. The van der Waals surface area contributed by atoms with Crippen molar-refractivity contribution in [1.82, 2.24) is 9.62 Å². The van der Waals surface area contributed by atoms with E-state index in [0.717, 1.165) is 26.2 Å². The summed E-state index contributed by atoms with van der Waals surface area (Å²) in [6.07, 6.45) is 0. The van der Waals surface area contributed by atoms with Crippen molar-refractivity contribution in [2.45, 2.75) is 38.6 Å². The highest BCUT2D eigenvalue weighted by molar-refractivity contribution is 7.89. The van der Waals surface area contributed by atoms with Gasteiger partial charge in [0.25, 0.3) is 0 Å². The molecule has 0 radical (unpaired) electrons. The lowest BCUT2D eigenvalue weighted by atomic mass is 10.3. The summed E-state index contributed by atoms with van der Waals surface area (Å²) in [5.74, 6) is 0. The summed E-state index contributed by atoms with van der Waals surface area (Å²) in [7, 11) is -3.48. The molecule has 0 fully saturated rings. The molecular formula is C15H27N3O2S. The number of benzene rings is 1. The Kier molecular flexibility index (Phi) is 7.14. The zero-order valence-corrected chi connectivity index (χ0v) is 14.2. The van der Waals surface area contributed by atoms with Gasteiger partial charge in [-0.05, 0) is 39.1 Å². The lowest BCUT2D eigenvalue weighted by Crippen LogP contribution is -2.31. The van der Waals surface area contributed by atoms with Crippen LogP contribution in [-0.4, -0.2) is 45.5 Å². The van der Waals surface area contributed by atoms with Crippen LogP contribution in [0.5, 0.6) is 0 Å². The Morgan fingerprint density at radius 2 is 1.76 bits per heavy atom. The monoisotopic (exact) mass is 313 g/mol. The van der Waals surface area contributed by atoms with Crippen LogP contribution < -0.4 is 10.0 Å². The van der Waals surface area contributed by atoms with Gasteiger partial charge in [0, 0.05) is 19.1 Å². The Morgan fingerprint density at radius 1 is 1.14 bits per heavy atom. The molecular weight excluding hydrogens is 286 g/mol. The summed E-state index contributed by atoms with van der Waals surface area (Å²) >= 11 is 0. The van der Waals surface area contributed by atoms with Gasteiger partial charge in [-0.25, -0.2) is 13.1 Å². The molecule has 0 aliphatic heterocycles. The van der Waals surface area contributed by atoms with Crippen molar-refractivity contribution in [3.63, 3.8) is 0 Å². The highest BCUT2D eigenvalue weighted by Crippen LogP contribution is 2.20. The zero-order chi connectivity index (χ0) is 15.9. The quantitative estimate of drug-likeness (QED) is 0.733. The number of nitrogens with zero attached hydrogens (tertiary/aromatic N) is 1. The van der Waals surface area contributed by atoms with Crippen LogP contribution in [0.1, 0.15) is 27.7 Å². The van der Waals surface area contributed by atoms with Crippen LogP contribution in [0.4, 0.5) is 5.69 Å². The molecule has 0 aromatic heterocycles. The third-order valence-corrected chi connectivity index (χ3v) is 4.92. The Labute approximate surface area is 128 Å². The van der Waals surface area contributed by atoms with E-state index in [2.05, 4.69) is 28.8 Å². The predicted molar refractivity (Wildman–Crippen MR) is 88.2 cm³/mol. The molecule has 0 atom stereocenters. The molecule has 6 heteroatoms. The second-order valence-corrected chi connectivity index (χ2v) is 6.91. The molecule has 0 aliphatic rings. The molecule has 5 nitrogen and oxygen atoms in total. The van der Waals surface area contributed by atoms with Crippen LogP contribution in [0.15, 0.2) is 29.2 Å². The van der Waals surface area contributed by atoms with Crippen molar-refractivity contribution in [2.24, 2.45) is 0 Å². The number of para-hydroxylation sites is 1. The van der Waals surface area contributed by atoms with Gasteiger partial charge in [-0.1, -0.05) is 26.0 Å². The van der Waals surface area contributed by atoms with Crippen molar-refractivity contribution < 1.29 is 8.42 Å². The Hall–Kier alpha value is -1.11. The first kappa shape index (κ1) is 17.9. The SMILES string of the molecule is CCN(CC)CCNc1ccccc1S(=O)(=O)NC(C)C. The molecule has 1 aromatic rings. The lowest BCUT2D eigenvalue weighted by Gasteiger charge is -2.19. The number of sulfonamides is 1. The average Bonchev–Trinajstić information content (AvgIpc) is 2.42.